The molecule has 0 bridgehead atoms. The number of nitrogens with two attached hydrogens (primary N) is 1. The van der Waals surface area contributed by atoms with E-state index in [4.69, 9.17) is 5.73 Å². The molecule has 0 radical (unpaired) electrons. The van der Waals surface area contributed by atoms with Crippen molar-refractivity contribution in [2.75, 3.05) is 7.05 Å². The maximum atomic E-state index is 5.93. The minimum atomic E-state index is -0.131. The first-order chi connectivity index (χ1) is 7.28. The molecule has 0 amide bonds. The molecule has 0 saturated carbocycles. The first-order valence-corrected chi connectivity index (χ1v) is 6.74. The fourth-order valence-corrected chi connectivity index (χ4v) is 2.41. The summed E-state index contributed by atoms with van der Waals surface area (Å²) in [7, 11) is 1.95. The van der Waals surface area contributed by atoms with E-state index >= 15 is 0 Å². The number of halogens is 1. The van der Waals surface area contributed by atoms with Crippen molar-refractivity contribution >= 4 is 33.2 Å². The number of rotatable bonds is 2. The van der Waals surface area contributed by atoms with Crippen molar-refractivity contribution in [2.45, 2.75) is 32.9 Å². The molecule has 0 aliphatic carbocycles. The molecule has 90 valence electrons. The Hall–Kier alpha value is -0.550. The molecule has 0 aliphatic rings. The summed E-state index contributed by atoms with van der Waals surface area (Å²) >= 11 is 5.13. The van der Waals surface area contributed by atoms with Crippen molar-refractivity contribution in [3.8, 4) is 0 Å². The van der Waals surface area contributed by atoms with Gasteiger partial charge >= 0.3 is 0 Å². The first kappa shape index (κ1) is 13.5. The molecule has 1 aromatic heterocycles. The topological polar surface area (TPSA) is 41.6 Å². The normalized spacial score (nSPS) is 12.9. The van der Waals surface area contributed by atoms with E-state index in [2.05, 4.69) is 32.4 Å². The van der Waals surface area contributed by atoms with Crippen LogP contribution in [0.5, 0.6) is 0 Å². The SMILES string of the molecule is CN(Cc1csc(Br)c1)C(N)=NC(C)(C)C. The molecule has 1 heterocycles. The summed E-state index contributed by atoms with van der Waals surface area (Å²) < 4.78 is 1.14. The van der Waals surface area contributed by atoms with Gasteiger partial charge in [-0.25, -0.2) is 4.99 Å². The summed E-state index contributed by atoms with van der Waals surface area (Å²) in [6.07, 6.45) is 0. The van der Waals surface area contributed by atoms with Crippen molar-refractivity contribution in [3.05, 3.63) is 20.8 Å². The maximum Gasteiger partial charge on any atom is 0.191 e. The number of thiophene rings is 1. The predicted octanol–water partition coefficient (Wildman–Crippen LogP) is 3.06. The van der Waals surface area contributed by atoms with Gasteiger partial charge in [0.1, 0.15) is 0 Å². The van der Waals surface area contributed by atoms with E-state index < -0.39 is 0 Å². The highest BCUT2D eigenvalue weighted by molar-refractivity contribution is 9.11. The van der Waals surface area contributed by atoms with Crippen molar-refractivity contribution in [2.24, 2.45) is 10.7 Å². The van der Waals surface area contributed by atoms with E-state index in [0.717, 1.165) is 10.3 Å². The van der Waals surface area contributed by atoms with Crippen LogP contribution < -0.4 is 5.73 Å². The average Bonchev–Trinajstić information content (AvgIpc) is 2.48. The van der Waals surface area contributed by atoms with Crippen molar-refractivity contribution in [3.63, 3.8) is 0 Å². The second-order valence-corrected chi connectivity index (χ2v) is 7.05. The fourth-order valence-electron chi connectivity index (χ4n) is 1.21. The second kappa shape index (κ2) is 5.19. The van der Waals surface area contributed by atoms with Crippen LogP contribution in [0.25, 0.3) is 0 Å². The van der Waals surface area contributed by atoms with E-state index in [1.807, 2.05) is 32.7 Å². The Kier molecular flexibility index (Phi) is 4.38. The molecule has 0 atom stereocenters. The highest BCUT2D eigenvalue weighted by atomic mass is 79.9. The Bertz CT molecular complexity index is 379. The minimum Gasteiger partial charge on any atom is -0.370 e. The van der Waals surface area contributed by atoms with Gasteiger partial charge in [0.2, 0.25) is 0 Å². The average molecular weight is 304 g/mol. The molecule has 0 spiro atoms. The van der Waals surface area contributed by atoms with Gasteiger partial charge in [0.25, 0.3) is 0 Å². The lowest BCUT2D eigenvalue weighted by molar-refractivity contribution is 0.475. The number of nitrogens with zero attached hydrogens (tertiary/aromatic N) is 2. The molecule has 2 N–H and O–H groups in total. The van der Waals surface area contributed by atoms with Gasteiger partial charge in [-0.3, -0.25) is 0 Å². The van der Waals surface area contributed by atoms with Crippen LogP contribution in [-0.4, -0.2) is 23.4 Å². The summed E-state index contributed by atoms with van der Waals surface area (Å²) in [5.74, 6) is 0.579. The summed E-state index contributed by atoms with van der Waals surface area (Å²) in [6.45, 7) is 6.89. The van der Waals surface area contributed by atoms with Gasteiger partial charge in [0, 0.05) is 13.6 Å². The Labute approximate surface area is 109 Å². The zero-order valence-corrected chi connectivity index (χ0v) is 12.5. The maximum absolute atomic E-state index is 5.93. The van der Waals surface area contributed by atoms with Gasteiger partial charge in [0.05, 0.1) is 9.33 Å². The highest BCUT2D eigenvalue weighted by Gasteiger charge is 2.11. The van der Waals surface area contributed by atoms with Gasteiger partial charge in [-0.2, -0.15) is 0 Å². The lowest BCUT2D eigenvalue weighted by atomic mass is 10.1. The molecular formula is C11H18BrN3S. The van der Waals surface area contributed by atoms with E-state index in [-0.39, 0.29) is 5.54 Å². The molecule has 0 saturated heterocycles. The summed E-state index contributed by atoms with van der Waals surface area (Å²) in [6, 6.07) is 2.10. The molecule has 0 aromatic carbocycles. The van der Waals surface area contributed by atoms with Crippen LogP contribution in [0.15, 0.2) is 20.2 Å². The van der Waals surface area contributed by atoms with Crippen LogP contribution >= 0.6 is 27.3 Å². The summed E-state index contributed by atoms with van der Waals surface area (Å²) in [5.41, 5.74) is 7.04. The number of hydrogen-bond donors (Lipinski definition) is 1. The lowest BCUT2D eigenvalue weighted by Crippen LogP contribution is -2.35. The monoisotopic (exact) mass is 303 g/mol. The van der Waals surface area contributed by atoms with Gasteiger partial charge in [-0.05, 0) is 53.7 Å². The summed E-state index contributed by atoms with van der Waals surface area (Å²) in [5, 5.41) is 2.12. The first-order valence-electron chi connectivity index (χ1n) is 5.07. The van der Waals surface area contributed by atoms with Crippen LogP contribution in [0, 0.1) is 0 Å². The third-order valence-corrected chi connectivity index (χ3v) is 3.44. The van der Waals surface area contributed by atoms with Gasteiger partial charge < -0.3 is 10.6 Å². The quantitative estimate of drug-likeness (QED) is 0.674. The smallest absolute Gasteiger partial charge is 0.191 e. The van der Waals surface area contributed by atoms with Crippen molar-refractivity contribution in [1.29, 1.82) is 0 Å². The van der Waals surface area contributed by atoms with Crippen LogP contribution in [0.4, 0.5) is 0 Å². The standard InChI is InChI=1S/C11H18BrN3S/c1-11(2,3)14-10(13)15(4)6-8-5-9(12)16-7-8/h5,7H,6H2,1-4H3,(H2,13,14). The van der Waals surface area contributed by atoms with Crippen molar-refractivity contribution in [1.82, 2.24) is 4.90 Å². The van der Waals surface area contributed by atoms with Gasteiger partial charge in [0.15, 0.2) is 5.96 Å². The Morgan fingerprint density at radius 3 is 2.62 bits per heavy atom. The molecular weight excluding hydrogens is 286 g/mol. The Morgan fingerprint density at radius 2 is 2.19 bits per heavy atom. The van der Waals surface area contributed by atoms with Crippen LogP contribution in [0.1, 0.15) is 26.3 Å². The lowest BCUT2D eigenvalue weighted by Gasteiger charge is -2.21. The van der Waals surface area contributed by atoms with Crippen LogP contribution in [-0.2, 0) is 6.54 Å². The summed E-state index contributed by atoms with van der Waals surface area (Å²) in [4.78, 5) is 6.38. The molecule has 1 rings (SSSR count). The van der Waals surface area contributed by atoms with E-state index in [0.29, 0.717) is 5.96 Å². The van der Waals surface area contributed by atoms with Crippen LogP contribution in [0.3, 0.4) is 0 Å². The molecule has 5 heteroatoms. The second-order valence-electron chi connectivity index (χ2n) is 4.76. The Morgan fingerprint density at radius 1 is 1.56 bits per heavy atom. The molecule has 3 nitrogen and oxygen atoms in total. The van der Waals surface area contributed by atoms with Crippen molar-refractivity contribution < 1.29 is 0 Å². The number of guanidine groups is 1. The predicted molar refractivity (Wildman–Crippen MR) is 74.9 cm³/mol. The Balaban J connectivity index is 2.65. The zero-order valence-electron chi connectivity index (χ0n) is 10.1. The van der Waals surface area contributed by atoms with E-state index in [1.54, 1.807) is 11.3 Å². The molecule has 16 heavy (non-hydrogen) atoms. The van der Waals surface area contributed by atoms with E-state index in [1.165, 1.54) is 5.56 Å². The zero-order chi connectivity index (χ0) is 12.3. The third kappa shape index (κ3) is 4.53. The number of aliphatic imine (C=N–C) groups is 1. The van der Waals surface area contributed by atoms with Gasteiger partial charge in [-0.1, -0.05) is 0 Å². The molecule has 0 fully saturated rings. The van der Waals surface area contributed by atoms with Crippen LogP contribution in [0.2, 0.25) is 0 Å². The molecule has 0 unspecified atom stereocenters. The van der Waals surface area contributed by atoms with Gasteiger partial charge in [-0.15, -0.1) is 11.3 Å². The number of hydrogen-bond acceptors (Lipinski definition) is 2. The highest BCUT2D eigenvalue weighted by Crippen LogP contribution is 2.21. The fraction of sp³-hybridized carbons (Fsp3) is 0.545. The molecule has 0 aliphatic heterocycles. The largest absolute Gasteiger partial charge is 0.370 e. The minimum absolute atomic E-state index is 0.131. The third-order valence-electron chi connectivity index (χ3n) is 1.88. The van der Waals surface area contributed by atoms with E-state index in [9.17, 15) is 0 Å². The molecule has 1 aromatic rings.